The lowest BCUT2D eigenvalue weighted by molar-refractivity contribution is 0.102. The molecule has 0 aliphatic heterocycles. The summed E-state index contributed by atoms with van der Waals surface area (Å²) < 4.78 is 1.72. The molecule has 0 aliphatic carbocycles. The number of benzene rings is 2. The van der Waals surface area contributed by atoms with E-state index in [0.29, 0.717) is 17.0 Å². The summed E-state index contributed by atoms with van der Waals surface area (Å²) in [5, 5.41) is 16.2. The van der Waals surface area contributed by atoms with Crippen molar-refractivity contribution in [2.45, 2.75) is 26.2 Å². The molecule has 168 valence electrons. The van der Waals surface area contributed by atoms with Crippen molar-refractivity contribution >= 4 is 17.2 Å². The molecule has 0 saturated heterocycles. The van der Waals surface area contributed by atoms with Gasteiger partial charge in [0.25, 0.3) is 5.91 Å². The number of hydrogen-bond acceptors (Lipinski definition) is 5. The van der Waals surface area contributed by atoms with Crippen LogP contribution in [0.1, 0.15) is 36.7 Å². The molecule has 5 rings (SSSR count). The molecule has 3 aromatic heterocycles. The summed E-state index contributed by atoms with van der Waals surface area (Å²) >= 11 is 0. The normalized spacial score (nSPS) is 11.5. The number of fused-ring (bicyclic) bond motifs is 1. The molecule has 0 aliphatic rings. The van der Waals surface area contributed by atoms with E-state index in [2.05, 4.69) is 41.3 Å². The van der Waals surface area contributed by atoms with Gasteiger partial charge in [0.1, 0.15) is 0 Å². The largest absolute Gasteiger partial charge is 0.322 e. The van der Waals surface area contributed by atoms with Crippen LogP contribution in [-0.4, -0.2) is 30.7 Å². The second-order valence-electron chi connectivity index (χ2n) is 9.11. The number of carbonyl (C=O) groups is 1. The first kappa shape index (κ1) is 21.5. The Morgan fingerprint density at radius 2 is 1.50 bits per heavy atom. The van der Waals surface area contributed by atoms with E-state index in [1.54, 1.807) is 16.9 Å². The molecule has 0 saturated carbocycles. The highest BCUT2D eigenvalue weighted by molar-refractivity contribution is 6.04. The predicted molar refractivity (Wildman–Crippen MR) is 133 cm³/mol. The van der Waals surface area contributed by atoms with Crippen LogP contribution in [-0.2, 0) is 5.41 Å². The topological polar surface area (TPSA) is 85.1 Å². The molecule has 7 nitrogen and oxygen atoms in total. The van der Waals surface area contributed by atoms with Gasteiger partial charge < -0.3 is 5.32 Å². The average Bonchev–Trinajstić information content (AvgIpc) is 3.28. The van der Waals surface area contributed by atoms with E-state index in [4.69, 9.17) is 5.10 Å². The summed E-state index contributed by atoms with van der Waals surface area (Å²) in [5.74, 6) is 0.514. The van der Waals surface area contributed by atoms with Crippen LogP contribution in [0.25, 0.3) is 28.3 Å². The van der Waals surface area contributed by atoms with E-state index in [0.717, 1.165) is 22.5 Å². The molecular formula is C27H24N6O. The maximum Gasteiger partial charge on any atom is 0.255 e. The number of anilines is 1. The van der Waals surface area contributed by atoms with Crippen molar-refractivity contribution in [2.75, 3.05) is 5.32 Å². The van der Waals surface area contributed by atoms with E-state index in [1.807, 2.05) is 72.8 Å². The third-order valence-electron chi connectivity index (χ3n) is 5.65. The van der Waals surface area contributed by atoms with Crippen molar-refractivity contribution in [1.82, 2.24) is 24.8 Å². The van der Waals surface area contributed by atoms with E-state index >= 15 is 0 Å². The second-order valence-corrected chi connectivity index (χ2v) is 9.11. The summed E-state index contributed by atoms with van der Waals surface area (Å²) in [6.07, 6.45) is 3.43. The SMILES string of the molecule is CC(C)(C)c1ccc(C(=O)Nc2ccc(-c3ccc4nnc(-c5ccncc5)n4n3)cc2)cc1. The molecule has 0 unspecified atom stereocenters. The van der Waals surface area contributed by atoms with Crippen LogP contribution in [0.4, 0.5) is 5.69 Å². The van der Waals surface area contributed by atoms with Crippen molar-refractivity contribution in [3.8, 4) is 22.6 Å². The molecule has 0 fully saturated rings. The van der Waals surface area contributed by atoms with Gasteiger partial charge in [0.15, 0.2) is 11.5 Å². The number of nitrogens with zero attached hydrogens (tertiary/aromatic N) is 5. The number of rotatable bonds is 4. The van der Waals surface area contributed by atoms with Crippen molar-refractivity contribution in [2.24, 2.45) is 0 Å². The lowest BCUT2D eigenvalue weighted by atomic mass is 9.87. The monoisotopic (exact) mass is 448 g/mol. The fraction of sp³-hybridized carbons (Fsp3) is 0.148. The highest BCUT2D eigenvalue weighted by Crippen LogP contribution is 2.24. The van der Waals surface area contributed by atoms with E-state index in [9.17, 15) is 4.79 Å². The minimum atomic E-state index is -0.140. The molecule has 5 aromatic rings. The predicted octanol–water partition coefficient (Wildman–Crippen LogP) is 5.40. The number of aromatic nitrogens is 5. The molecule has 0 radical (unpaired) electrons. The number of hydrogen-bond donors (Lipinski definition) is 1. The first-order valence-corrected chi connectivity index (χ1v) is 11.0. The van der Waals surface area contributed by atoms with Gasteiger partial charge in [0.05, 0.1) is 5.69 Å². The molecule has 1 amide bonds. The maximum atomic E-state index is 12.7. The minimum absolute atomic E-state index is 0.0493. The highest BCUT2D eigenvalue weighted by atomic mass is 16.1. The lowest BCUT2D eigenvalue weighted by Gasteiger charge is -2.19. The van der Waals surface area contributed by atoms with E-state index < -0.39 is 0 Å². The van der Waals surface area contributed by atoms with Crippen LogP contribution in [0, 0.1) is 0 Å². The third kappa shape index (κ3) is 4.28. The van der Waals surface area contributed by atoms with Gasteiger partial charge >= 0.3 is 0 Å². The van der Waals surface area contributed by atoms with Gasteiger partial charge in [-0.25, -0.2) is 0 Å². The average molecular weight is 449 g/mol. The Morgan fingerprint density at radius 3 is 2.18 bits per heavy atom. The lowest BCUT2D eigenvalue weighted by Crippen LogP contribution is -2.14. The van der Waals surface area contributed by atoms with Gasteiger partial charge in [0.2, 0.25) is 0 Å². The molecular weight excluding hydrogens is 424 g/mol. The first-order chi connectivity index (χ1) is 16.4. The van der Waals surface area contributed by atoms with Gasteiger partial charge in [-0.05, 0) is 59.5 Å². The van der Waals surface area contributed by atoms with Gasteiger partial charge in [0, 0.05) is 34.8 Å². The first-order valence-electron chi connectivity index (χ1n) is 11.0. The number of nitrogens with one attached hydrogen (secondary N) is 1. The summed E-state index contributed by atoms with van der Waals surface area (Å²) in [6.45, 7) is 6.46. The Kier molecular flexibility index (Phi) is 5.37. The van der Waals surface area contributed by atoms with Crippen LogP contribution in [0.2, 0.25) is 0 Å². The number of amides is 1. The van der Waals surface area contributed by atoms with Crippen LogP contribution in [0.3, 0.4) is 0 Å². The Labute approximate surface area is 197 Å². The molecule has 0 atom stereocenters. The smallest absolute Gasteiger partial charge is 0.255 e. The highest BCUT2D eigenvalue weighted by Gasteiger charge is 2.15. The number of carbonyl (C=O) groups excluding carboxylic acids is 1. The molecule has 0 spiro atoms. The van der Waals surface area contributed by atoms with Crippen LogP contribution >= 0.6 is 0 Å². The van der Waals surface area contributed by atoms with Crippen LogP contribution in [0.15, 0.2) is 85.2 Å². The molecule has 1 N–H and O–H groups in total. The second kappa shape index (κ2) is 8.51. The molecule has 7 heteroatoms. The Balaban J connectivity index is 1.35. The quantitative estimate of drug-likeness (QED) is 0.398. The number of pyridine rings is 1. The van der Waals surface area contributed by atoms with Gasteiger partial charge in [-0.15, -0.1) is 10.2 Å². The molecule has 3 heterocycles. The molecule has 2 aromatic carbocycles. The van der Waals surface area contributed by atoms with Crippen molar-refractivity contribution in [1.29, 1.82) is 0 Å². The Hall–Kier alpha value is -4.39. The zero-order chi connectivity index (χ0) is 23.7. The van der Waals surface area contributed by atoms with Crippen molar-refractivity contribution in [3.05, 3.63) is 96.3 Å². The van der Waals surface area contributed by atoms with Crippen molar-refractivity contribution < 1.29 is 4.79 Å². The minimum Gasteiger partial charge on any atom is -0.322 e. The Morgan fingerprint density at radius 1 is 0.794 bits per heavy atom. The zero-order valence-electron chi connectivity index (χ0n) is 19.2. The maximum absolute atomic E-state index is 12.7. The Bertz CT molecular complexity index is 1450. The zero-order valence-corrected chi connectivity index (χ0v) is 19.2. The van der Waals surface area contributed by atoms with Crippen molar-refractivity contribution in [3.63, 3.8) is 0 Å². The summed E-state index contributed by atoms with van der Waals surface area (Å²) in [6, 6.07) is 22.9. The fourth-order valence-corrected chi connectivity index (χ4v) is 3.67. The van der Waals surface area contributed by atoms with E-state index in [1.165, 1.54) is 5.56 Å². The summed E-state index contributed by atoms with van der Waals surface area (Å²) in [7, 11) is 0. The molecule has 34 heavy (non-hydrogen) atoms. The standard InChI is InChI=1S/C27H24N6O/c1-27(2,3)21-8-4-20(5-9-21)26(34)29-22-10-6-18(7-11-22)23-12-13-24-30-31-25(33(24)32-23)19-14-16-28-17-15-19/h4-17H,1-3H3,(H,29,34). The van der Waals surface area contributed by atoms with Gasteiger partial charge in [-0.1, -0.05) is 45.0 Å². The van der Waals surface area contributed by atoms with Gasteiger partial charge in [-0.3, -0.25) is 9.78 Å². The van der Waals surface area contributed by atoms with Crippen LogP contribution in [0.5, 0.6) is 0 Å². The van der Waals surface area contributed by atoms with Crippen LogP contribution < -0.4 is 5.32 Å². The van der Waals surface area contributed by atoms with E-state index in [-0.39, 0.29) is 11.3 Å². The molecule has 0 bridgehead atoms. The summed E-state index contributed by atoms with van der Waals surface area (Å²) in [4.78, 5) is 16.7. The summed E-state index contributed by atoms with van der Waals surface area (Å²) in [5.41, 5.74) is 5.84. The fourth-order valence-electron chi connectivity index (χ4n) is 3.67. The third-order valence-corrected chi connectivity index (χ3v) is 5.65. The van der Waals surface area contributed by atoms with Gasteiger partial charge in [-0.2, -0.15) is 9.61 Å².